The van der Waals surface area contributed by atoms with Crippen LogP contribution < -0.4 is 15.6 Å². The summed E-state index contributed by atoms with van der Waals surface area (Å²) in [4.78, 5) is 20.7. The predicted molar refractivity (Wildman–Crippen MR) is 108 cm³/mol. The average Bonchev–Trinajstić information content (AvgIpc) is 2.68. The Balaban J connectivity index is 1.86. The zero-order valence-electron chi connectivity index (χ0n) is 15.6. The van der Waals surface area contributed by atoms with Crippen LogP contribution in [0.2, 0.25) is 0 Å². The fraction of sp³-hybridized carbons (Fsp3) is 0.111. The van der Waals surface area contributed by atoms with Gasteiger partial charge in [0.15, 0.2) is 0 Å². The number of hydrazine groups is 1. The quantitative estimate of drug-likeness (QED) is 0.396. The normalized spacial score (nSPS) is 11.1. The lowest BCUT2D eigenvalue weighted by atomic mass is 10.2. The number of nitrogens with zero attached hydrogens (tertiary/aromatic N) is 3. The summed E-state index contributed by atoms with van der Waals surface area (Å²) >= 11 is 0. The summed E-state index contributed by atoms with van der Waals surface area (Å²) in [5, 5.41) is 14.4. The van der Waals surface area contributed by atoms with Crippen molar-refractivity contribution in [1.82, 2.24) is 14.8 Å². The zero-order valence-corrected chi connectivity index (χ0v) is 16.4. The molecule has 29 heavy (non-hydrogen) atoms. The molecule has 0 saturated carbocycles. The lowest BCUT2D eigenvalue weighted by Crippen LogP contribution is -2.30. The van der Waals surface area contributed by atoms with E-state index in [1.807, 2.05) is 26.0 Å². The topological polar surface area (TPSA) is 139 Å². The van der Waals surface area contributed by atoms with Crippen LogP contribution in [-0.2, 0) is 10.0 Å². The van der Waals surface area contributed by atoms with Gasteiger partial charge in [-0.2, -0.15) is 0 Å². The molecule has 2 aromatic carbocycles. The Morgan fingerprint density at radius 2 is 1.45 bits per heavy atom. The summed E-state index contributed by atoms with van der Waals surface area (Å²) in [6.07, 6.45) is 1.09. The minimum Gasteiger partial charge on any atom is -0.334 e. The Hall–Kier alpha value is -3.57. The smallest absolute Gasteiger partial charge is 0.334 e. The highest BCUT2D eigenvalue weighted by atomic mass is 32.2. The molecule has 0 atom stereocenters. The third-order valence-electron chi connectivity index (χ3n) is 3.95. The maximum absolute atomic E-state index is 12.4. The van der Waals surface area contributed by atoms with Gasteiger partial charge in [0, 0.05) is 5.69 Å². The Morgan fingerprint density at radius 3 is 2.03 bits per heavy atom. The van der Waals surface area contributed by atoms with E-state index in [9.17, 15) is 18.5 Å². The molecule has 0 aliphatic heterocycles. The molecule has 3 N–H and O–H groups in total. The molecule has 0 aliphatic carbocycles. The maximum atomic E-state index is 12.4. The van der Waals surface area contributed by atoms with Gasteiger partial charge in [0.25, 0.3) is 10.0 Å². The van der Waals surface area contributed by atoms with E-state index in [1.165, 1.54) is 12.1 Å². The summed E-state index contributed by atoms with van der Waals surface area (Å²) in [6.45, 7) is 3.74. The van der Waals surface area contributed by atoms with Crippen LogP contribution in [0.3, 0.4) is 0 Å². The number of benzene rings is 2. The highest BCUT2D eigenvalue weighted by molar-refractivity contribution is 7.89. The first-order valence-corrected chi connectivity index (χ1v) is 9.92. The highest BCUT2D eigenvalue weighted by Crippen LogP contribution is 2.31. The summed E-state index contributed by atoms with van der Waals surface area (Å²) in [5.41, 5.74) is 4.33. The predicted octanol–water partition coefficient (Wildman–Crippen LogP) is 3.05. The molecule has 3 aromatic rings. The van der Waals surface area contributed by atoms with Crippen LogP contribution in [0.25, 0.3) is 0 Å². The van der Waals surface area contributed by atoms with Crippen LogP contribution in [0.4, 0.5) is 23.0 Å². The second kappa shape index (κ2) is 8.20. The molecular weight excluding hydrogens is 396 g/mol. The monoisotopic (exact) mass is 414 g/mol. The number of nitrogens with one attached hydrogen (secondary N) is 3. The van der Waals surface area contributed by atoms with Gasteiger partial charge in [-0.15, -0.1) is 4.83 Å². The van der Waals surface area contributed by atoms with E-state index in [0.717, 1.165) is 17.5 Å². The SMILES string of the molecule is Cc1ccc(Nc2ncnc(NNS(=O)(=O)c3ccc(C)cc3)c2[N+](=O)[O-])cc1. The first-order valence-electron chi connectivity index (χ1n) is 8.44. The van der Waals surface area contributed by atoms with Crippen LogP contribution in [0, 0.1) is 24.0 Å². The molecule has 0 bridgehead atoms. The number of rotatable bonds is 7. The van der Waals surface area contributed by atoms with Crippen molar-refractivity contribution in [2.75, 3.05) is 10.7 Å². The number of sulfonamides is 1. The molecule has 0 fully saturated rings. The number of hydrogen-bond acceptors (Lipinski definition) is 8. The lowest BCUT2D eigenvalue weighted by molar-refractivity contribution is -0.383. The molecular formula is C18H18N6O4S. The van der Waals surface area contributed by atoms with Crippen LogP contribution >= 0.6 is 0 Å². The standard InChI is InChI=1S/C18H18N6O4S/c1-12-3-7-14(8-4-12)21-17-16(24(25)26)18(20-11-19-17)22-23-29(27,28)15-9-5-13(2)6-10-15/h3-11,23H,1-2H3,(H2,19,20,21,22). The van der Waals surface area contributed by atoms with Crippen LogP contribution in [-0.4, -0.2) is 23.3 Å². The van der Waals surface area contributed by atoms with Gasteiger partial charge in [0.2, 0.25) is 11.6 Å². The Kier molecular flexibility index (Phi) is 5.71. The Labute approximate surface area is 167 Å². The third-order valence-corrected chi connectivity index (χ3v) is 5.22. The van der Waals surface area contributed by atoms with Gasteiger partial charge in [0.05, 0.1) is 9.82 Å². The Morgan fingerprint density at radius 1 is 0.897 bits per heavy atom. The maximum Gasteiger partial charge on any atom is 0.354 e. The van der Waals surface area contributed by atoms with E-state index in [-0.39, 0.29) is 16.5 Å². The highest BCUT2D eigenvalue weighted by Gasteiger charge is 2.24. The molecule has 3 rings (SSSR count). The molecule has 1 aromatic heterocycles. The molecule has 0 radical (unpaired) electrons. The number of aryl methyl sites for hydroxylation is 2. The van der Waals surface area contributed by atoms with Crippen molar-refractivity contribution in [1.29, 1.82) is 0 Å². The minimum atomic E-state index is -3.96. The molecule has 10 nitrogen and oxygen atoms in total. The molecule has 0 aliphatic rings. The summed E-state index contributed by atoms with van der Waals surface area (Å²) in [5.74, 6) is -0.374. The van der Waals surface area contributed by atoms with E-state index >= 15 is 0 Å². The molecule has 11 heteroatoms. The molecule has 1 heterocycles. The van der Waals surface area contributed by atoms with Gasteiger partial charge in [0.1, 0.15) is 6.33 Å². The third kappa shape index (κ3) is 4.83. The fourth-order valence-corrected chi connectivity index (χ4v) is 3.24. The van der Waals surface area contributed by atoms with Crippen LogP contribution in [0.15, 0.2) is 59.8 Å². The van der Waals surface area contributed by atoms with E-state index in [0.29, 0.717) is 5.69 Å². The molecule has 0 spiro atoms. The molecule has 0 amide bonds. The van der Waals surface area contributed by atoms with E-state index < -0.39 is 20.6 Å². The summed E-state index contributed by atoms with van der Waals surface area (Å²) in [6, 6.07) is 13.3. The molecule has 0 unspecified atom stereocenters. The van der Waals surface area contributed by atoms with Crippen molar-refractivity contribution >= 4 is 33.0 Å². The van der Waals surface area contributed by atoms with Crippen molar-refractivity contribution < 1.29 is 13.3 Å². The van der Waals surface area contributed by atoms with Crippen molar-refractivity contribution in [3.05, 3.63) is 76.1 Å². The number of nitro groups is 1. The average molecular weight is 414 g/mol. The van der Waals surface area contributed by atoms with Crippen molar-refractivity contribution in [2.45, 2.75) is 18.7 Å². The molecule has 0 saturated heterocycles. The zero-order chi connectivity index (χ0) is 21.0. The van der Waals surface area contributed by atoms with Gasteiger partial charge in [-0.3, -0.25) is 15.5 Å². The first-order chi connectivity index (χ1) is 13.8. The van der Waals surface area contributed by atoms with Gasteiger partial charge < -0.3 is 5.32 Å². The Bertz CT molecular complexity index is 1130. The van der Waals surface area contributed by atoms with E-state index in [1.54, 1.807) is 24.3 Å². The summed E-state index contributed by atoms with van der Waals surface area (Å²) < 4.78 is 24.8. The van der Waals surface area contributed by atoms with E-state index in [2.05, 4.69) is 25.5 Å². The second-order valence-electron chi connectivity index (χ2n) is 6.21. The van der Waals surface area contributed by atoms with Crippen molar-refractivity contribution in [2.24, 2.45) is 0 Å². The lowest BCUT2D eigenvalue weighted by Gasteiger charge is -2.11. The fourth-order valence-electron chi connectivity index (χ4n) is 2.40. The number of hydrogen-bond donors (Lipinski definition) is 3. The van der Waals surface area contributed by atoms with Crippen LogP contribution in [0.1, 0.15) is 11.1 Å². The van der Waals surface area contributed by atoms with Gasteiger partial charge in [-0.05, 0) is 38.1 Å². The van der Waals surface area contributed by atoms with Gasteiger partial charge in [-0.1, -0.05) is 35.4 Å². The van der Waals surface area contributed by atoms with Gasteiger partial charge >= 0.3 is 5.69 Å². The minimum absolute atomic E-state index is 0.00492. The number of anilines is 3. The van der Waals surface area contributed by atoms with Crippen molar-refractivity contribution in [3.63, 3.8) is 0 Å². The van der Waals surface area contributed by atoms with Crippen LogP contribution in [0.5, 0.6) is 0 Å². The largest absolute Gasteiger partial charge is 0.354 e. The summed E-state index contributed by atoms with van der Waals surface area (Å²) in [7, 11) is -3.96. The van der Waals surface area contributed by atoms with E-state index in [4.69, 9.17) is 0 Å². The second-order valence-corrected chi connectivity index (χ2v) is 7.89. The van der Waals surface area contributed by atoms with Crippen molar-refractivity contribution in [3.8, 4) is 0 Å². The number of aromatic nitrogens is 2. The first kappa shape index (κ1) is 20.2. The molecule has 150 valence electrons. The van der Waals surface area contributed by atoms with Gasteiger partial charge in [-0.25, -0.2) is 18.4 Å².